The molecule has 1 aliphatic heterocycles. The Morgan fingerprint density at radius 3 is 2.44 bits per heavy atom. The molecule has 0 aliphatic carbocycles. The van der Waals surface area contributed by atoms with E-state index in [9.17, 15) is 4.79 Å². The number of rotatable bonds is 2. The average Bonchev–Trinajstić information content (AvgIpc) is 2.69. The predicted octanol–water partition coefficient (Wildman–Crippen LogP) is 2.86. The van der Waals surface area contributed by atoms with Crippen LogP contribution in [-0.4, -0.2) is 19.0 Å². The van der Waals surface area contributed by atoms with Crippen molar-refractivity contribution in [2.75, 3.05) is 18.4 Å². The quantitative estimate of drug-likeness (QED) is 0.882. The number of nitrogens with one attached hydrogen (secondary N) is 2. The molecule has 0 radical (unpaired) electrons. The van der Waals surface area contributed by atoms with E-state index in [2.05, 4.69) is 33.5 Å². The van der Waals surface area contributed by atoms with Gasteiger partial charge in [-0.1, -0.05) is 22.9 Å². The Kier molecular flexibility index (Phi) is 4.07. The maximum Gasteiger partial charge on any atom is 0.229 e. The van der Waals surface area contributed by atoms with Gasteiger partial charge in [0.05, 0.1) is 5.92 Å². The summed E-state index contributed by atoms with van der Waals surface area (Å²) in [5.74, 6) is 0.606. The van der Waals surface area contributed by atoms with Gasteiger partial charge in [-0.25, -0.2) is 0 Å². The van der Waals surface area contributed by atoms with E-state index >= 15 is 0 Å². The zero-order valence-electron chi connectivity index (χ0n) is 11.0. The summed E-state index contributed by atoms with van der Waals surface area (Å²) < 4.78 is 1.05. The van der Waals surface area contributed by atoms with E-state index in [1.165, 1.54) is 0 Å². The van der Waals surface area contributed by atoms with Crippen LogP contribution >= 0.6 is 15.9 Å². The van der Waals surface area contributed by atoms with Crippen LogP contribution in [-0.2, 0) is 4.79 Å². The molecule has 1 fully saturated rings. The topological polar surface area (TPSA) is 41.1 Å². The fraction of sp³-hybridized carbons (Fsp3) is 0.500. The first-order valence-electron chi connectivity index (χ1n) is 6.27. The molecule has 0 unspecified atom stereocenters. The lowest BCUT2D eigenvalue weighted by Gasteiger charge is -2.17. The summed E-state index contributed by atoms with van der Waals surface area (Å²) in [5.41, 5.74) is 3.13. The van der Waals surface area contributed by atoms with Gasteiger partial charge in [0.1, 0.15) is 0 Å². The Hall–Kier alpha value is -0.870. The molecular formula is C14H19BrN2O. The second kappa shape index (κ2) is 5.41. The SMILES string of the molecule is Cc1cc(Br)cc(C)c1NC(=O)[C@@H]1CNC[C@H]1C. The number of anilines is 1. The molecule has 1 aromatic rings. The van der Waals surface area contributed by atoms with Crippen LogP contribution in [0.15, 0.2) is 16.6 Å². The number of halogens is 1. The second-order valence-electron chi connectivity index (χ2n) is 5.15. The third-order valence-corrected chi connectivity index (χ3v) is 4.06. The number of carbonyl (C=O) groups excluding carboxylic acids is 1. The van der Waals surface area contributed by atoms with Crippen molar-refractivity contribution in [1.82, 2.24) is 5.32 Å². The van der Waals surface area contributed by atoms with E-state index in [0.29, 0.717) is 5.92 Å². The molecule has 0 bridgehead atoms. The van der Waals surface area contributed by atoms with Crippen molar-refractivity contribution >= 4 is 27.5 Å². The molecule has 1 aromatic carbocycles. The van der Waals surface area contributed by atoms with Gasteiger partial charge in [0.25, 0.3) is 0 Å². The van der Waals surface area contributed by atoms with Crippen molar-refractivity contribution < 1.29 is 4.79 Å². The second-order valence-corrected chi connectivity index (χ2v) is 6.06. The molecule has 98 valence electrons. The Morgan fingerprint density at radius 2 is 1.94 bits per heavy atom. The van der Waals surface area contributed by atoms with Crippen LogP contribution in [0.1, 0.15) is 18.1 Å². The van der Waals surface area contributed by atoms with E-state index in [-0.39, 0.29) is 11.8 Å². The van der Waals surface area contributed by atoms with Crippen molar-refractivity contribution in [2.45, 2.75) is 20.8 Å². The van der Waals surface area contributed by atoms with Crippen LogP contribution < -0.4 is 10.6 Å². The number of hydrogen-bond donors (Lipinski definition) is 2. The molecule has 1 heterocycles. The average molecular weight is 311 g/mol. The molecule has 0 saturated carbocycles. The largest absolute Gasteiger partial charge is 0.325 e. The summed E-state index contributed by atoms with van der Waals surface area (Å²) in [4.78, 5) is 12.3. The van der Waals surface area contributed by atoms with E-state index in [4.69, 9.17) is 0 Å². The van der Waals surface area contributed by atoms with E-state index in [0.717, 1.165) is 34.4 Å². The van der Waals surface area contributed by atoms with E-state index in [1.807, 2.05) is 26.0 Å². The van der Waals surface area contributed by atoms with Crippen LogP contribution in [0.5, 0.6) is 0 Å². The van der Waals surface area contributed by atoms with Gasteiger partial charge in [-0.3, -0.25) is 4.79 Å². The Morgan fingerprint density at radius 1 is 1.33 bits per heavy atom. The lowest BCUT2D eigenvalue weighted by molar-refractivity contribution is -0.120. The first kappa shape index (κ1) is 13.6. The van der Waals surface area contributed by atoms with Crippen molar-refractivity contribution in [2.24, 2.45) is 11.8 Å². The standard InChI is InChI=1S/C14H19BrN2O/c1-8-4-11(15)5-9(2)13(8)17-14(18)12-7-16-6-10(12)3/h4-5,10,12,16H,6-7H2,1-3H3,(H,17,18)/t10-,12-/m1/s1. The fourth-order valence-electron chi connectivity index (χ4n) is 2.48. The summed E-state index contributed by atoms with van der Waals surface area (Å²) in [6, 6.07) is 4.05. The van der Waals surface area contributed by atoms with E-state index < -0.39 is 0 Å². The molecule has 3 nitrogen and oxygen atoms in total. The van der Waals surface area contributed by atoms with Gasteiger partial charge in [0, 0.05) is 16.7 Å². The van der Waals surface area contributed by atoms with Gasteiger partial charge in [-0.2, -0.15) is 0 Å². The van der Waals surface area contributed by atoms with Gasteiger partial charge in [0.15, 0.2) is 0 Å². The van der Waals surface area contributed by atoms with Gasteiger partial charge < -0.3 is 10.6 Å². The number of aryl methyl sites for hydroxylation is 2. The zero-order chi connectivity index (χ0) is 13.3. The molecule has 2 N–H and O–H groups in total. The normalized spacial score (nSPS) is 23.1. The molecular weight excluding hydrogens is 292 g/mol. The van der Waals surface area contributed by atoms with Crippen molar-refractivity contribution in [3.8, 4) is 0 Å². The van der Waals surface area contributed by atoms with Crippen molar-refractivity contribution in [3.63, 3.8) is 0 Å². The third kappa shape index (κ3) is 2.75. The fourth-order valence-corrected chi connectivity index (χ4v) is 3.17. The van der Waals surface area contributed by atoms with Gasteiger partial charge in [-0.15, -0.1) is 0 Å². The molecule has 1 amide bonds. The summed E-state index contributed by atoms with van der Waals surface area (Å²) in [6.45, 7) is 7.86. The molecule has 4 heteroatoms. The number of amides is 1. The van der Waals surface area contributed by atoms with E-state index in [1.54, 1.807) is 0 Å². The highest BCUT2D eigenvalue weighted by atomic mass is 79.9. The number of carbonyl (C=O) groups is 1. The highest BCUT2D eigenvalue weighted by molar-refractivity contribution is 9.10. The monoisotopic (exact) mass is 310 g/mol. The minimum Gasteiger partial charge on any atom is -0.325 e. The Balaban J connectivity index is 2.17. The van der Waals surface area contributed by atoms with Crippen LogP contribution in [0, 0.1) is 25.7 Å². The molecule has 18 heavy (non-hydrogen) atoms. The first-order valence-corrected chi connectivity index (χ1v) is 7.06. The predicted molar refractivity (Wildman–Crippen MR) is 77.8 cm³/mol. The maximum absolute atomic E-state index is 12.3. The minimum absolute atomic E-state index is 0.0763. The molecule has 0 aromatic heterocycles. The Bertz CT molecular complexity index is 450. The molecule has 0 spiro atoms. The summed E-state index contributed by atoms with van der Waals surface area (Å²) in [6.07, 6.45) is 0. The number of benzene rings is 1. The summed E-state index contributed by atoms with van der Waals surface area (Å²) in [5, 5.41) is 6.34. The lowest BCUT2D eigenvalue weighted by Crippen LogP contribution is -2.28. The maximum atomic E-state index is 12.3. The first-order chi connectivity index (χ1) is 8.49. The summed E-state index contributed by atoms with van der Waals surface area (Å²) >= 11 is 3.47. The zero-order valence-corrected chi connectivity index (χ0v) is 12.6. The van der Waals surface area contributed by atoms with Crippen LogP contribution in [0.3, 0.4) is 0 Å². The molecule has 2 rings (SSSR count). The highest BCUT2D eigenvalue weighted by Crippen LogP contribution is 2.26. The number of hydrogen-bond acceptors (Lipinski definition) is 2. The van der Waals surface area contributed by atoms with Gasteiger partial charge in [0.2, 0.25) is 5.91 Å². The Labute approximate surface area is 116 Å². The molecule has 1 saturated heterocycles. The van der Waals surface area contributed by atoms with Crippen LogP contribution in [0.4, 0.5) is 5.69 Å². The molecule has 2 atom stereocenters. The van der Waals surface area contributed by atoms with Gasteiger partial charge >= 0.3 is 0 Å². The van der Waals surface area contributed by atoms with Crippen molar-refractivity contribution in [3.05, 3.63) is 27.7 Å². The molecule has 1 aliphatic rings. The lowest BCUT2D eigenvalue weighted by atomic mass is 9.97. The smallest absolute Gasteiger partial charge is 0.229 e. The highest BCUT2D eigenvalue weighted by Gasteiger charge is 2.29. The van der Waals surface area contributed by atoms with Crippen LogP contribution in [0.25, 0.3) is 0 Å². The van der Waals surface area contributed by atoms with Crippen molar-refractivity contribution in [1.29, 1.82) is 0 Å². The van der Waals surface area contributed by atoms with Crippen LogP contribution in [0.2, 0.25) is 0 Å². The van der Waals surface area contributed by atoms with Gasteiger partial charge in [-0.05, 0) is 49.6 Å². The third-order valence-electron chi connectivity index (χ3n) is 3.60. The summed E-state index contributed by atoms with van der Waals surface area (Å²) in [7, 11) is 0. The minimum atomic E-state index is 0.0763.